The van der Waals surface area contributed by atoms with Crippen LogP contribution in [0.5, 0.6) is 11.6 Å². The lowest BCUT2D eigenvalue weighted by atomic mass is 9.95. The first-order chi connectivity index (χ1) is 14.6. The molecule has 31 heavy (non-hydrogen) atoms. The zero-order chi connectivity index (χ0) is 22.6. The number of nitrogens with zero attached hydrogens (tertiary/aromatic N) is 3. The summed E-state index contributed by atoms with van der Waals surface area (Å²) in [4.78, 5) is 9.79. The Kier molecular flexibility index (Phi) is 7.15. The summed E-state index contributed by atoms with van der Waals surface area (Å²) < 4.78 is 26.3. The van der Waals surface area contributed by atoms with E-state index in [0.29, 0.717) is 19.0 Å². The van der Waals surface area contributed by atoms with Gasteiger partial charge in [-0.25, -0.2) is 4.98 Å². The van der Waals surface area contributed by atoms with Crippen molar-refractivity contribution in [3.05, 3.63) is 54.1 Å². The van der Waals surface area contributed by atoms with E-state index in [9.17, 15) is 9.50 Å². The van der Waals surface area contributed by atoms with Crippen LogP contribution in [-0.2, 0) is 0 Å². The molecule has 1 saturated heterocycles. The lowest BCUT2D eigenvalue weighted by Crippen LogP contribution is -2.29. The molecule has 7 heteroatoms. The van der Waals surface area contributed by atoms with E-state index in [0.717, 1.165) is 18.6 Å². The molecular weight excluding hydrogens is 397 g/mol. The summed E-state index contributed by atoms with van der Waals surface area (Å²) in [6.07, 6.45) is 2.94. The molecule has 1 aromatic carbocycles. The summed E-state index contributed by atoms with van der Waals surface area (Å²) in [6, 6.07) is 8.15. The molecule has 1 fully saturated rings. The third kappa shape index (κ3) is 6.40. The molecule has 1 aliphatic rings. The first-order valence-corrected chi connectivity index (χ1v) is 10.6. The van der Waals surface area contributed by atoms with Crippen LogP contribution in [0.2, 0.25) is 0 Å². The normalized spacial score (nSPS) is 17.5. The number of ether oxygens (including phenoxy) is 2. The van der Waals surface area contributed by atoms with Crippen molar-refractivity contribution >= 4 is 5.82 Å². The minimum absolute atomic E-state index is 0.0613. The SMILES string of the molecule is C=C(C)C[C@@H](C)c1ccc(O[C@@H]2CCN(c3ncnc(OCC(C)(C)O)c3F)C2)cc1. The van der Waals surface area contributed by atoms with Gasteiger partial charge in [-0.15, -0.1) is 6.58 Å². The van der Waals surface area contributed by atoms with Crippen LogP contribution in [0, 0.1) is 5.82 Å². The number of hydrogen-bond donors (Lipinski definition) is 1. The van der Waals surface area contributed by atoms with Gasteiger partial charge >= 0.3 is 0 Å². The monoisotopic (exact) mass is 429 g/mol. The zero-order valence-electron chi connectivity index (χ0n) is 18.8. The Labute approximate surface area is 183 Å². The summed E-state index contributed by atoms with van der Waals surface area (Å²) >= 11 is 0. The van der Waals surface area contributed by atoms with E-state index in [-0.39, 0.29) is 24.4 Å². The summed E-state index contributed by atoms with van der Waals surface area (Å²) in [6.45, 7) is 12.5. The number of rotatable bonds is 9. The molecule has 1 aromatic heterocycles. The molecule has 168 valence electrons. The lowest BCUT2D eigenvalue weighted by molar-refractivity contribution is 0.0253. The van der Waals surface area contributed by atoms with Crippen LogP contribution >= 0.6 is 0 Å². The molecule has 2 atom stereocenters. The van der Waals surface area contributed by atoms with E-state index in [4.69, 9.17) is 9.47 Å². The number of aromatic nitrogens is 2. The molecule has 2 heterocycles. The van der Waals surface area contributed by atoms with Gasteiger partial charge in [0.1, 0.15) is 24.8 Å². The second-order valence-corrected chi connectivity index (χ2v) is 9.02. The first kappa shape index (κ1) is 23.0. The average Bonchev–Trinajstić information content (AvgIpc) is 3.14. The Morgan fingerprint density at radius 3 is 2.68 bits per heavy atom. The molecule has 0 amide bonds. The van der Waals surface area contributed by atoms with Crippen LogP contribution in [0.1, 0.15) is 52.0 Å². The van der Waals surface area contributed by atoms with Gasteiger partial charge in [0.15, 0.2) is 5.82 Å². The Morgan fingerprint density at radius 2 is 2.03 bits per heavy atom. The van der Waals surface area contributed by atoms with Crippen LogP contribution in [0.15, 0.2) is 42.7 Å². The summed E-state index contributed by atoms with van der Waals surface area (Å²) in [7, 11) is 0. The zero-order valence-corrected chi connectivity index (χ0v) is 18.8. The van der Waals surface area contributed by atoms with Crippen molar-refractivity contribution in [1.29, 1.82) is 0 Å². The molecule has 6 nitrogen and oxygen atoms in total. The predicted octanol–water partition coefficient (Wildman–Crippen LogP) is 4.49. The Balaban J connectivity index is 1.60. The van der Waals surface area contributed by atoms with Gasteiger partial charge < -0.3 is 19.5 Å². The van der Waals surface area contributed by atoms with E-state index in [1.54, 1.807) is 13.8 Å². The molecular formula is C24H32FN3O3. The highest BCUT2D eigenvalue weighted by molar-refractivity contribution is 5.44. The summed E-state index contributed by atoms with van der Waals surface area (Å²) in [5.41, 5.74) is 1.34. The molecule has 0 unspecified atom stereocenters. The van der Waals surface area contributed by atoms with E-state index in [1.807, 2.05) is 24.0 Å². The van der Waals surface area contributed by atoms with E-state index in [1.165, 1.54) is 17.5 Å². The van der Waals surface area contributed by atoms with Crippen molar-refractivity contribution < 1.29 is 19.0 Å². The van der Waals surface area contributed by atoms with E-state index >= 15 is 0 Å². The highest BCUT2D eigenvalue weighted by Crippen LogP contribution is 2.29. The first-order valence-electron chi connectivity index (χ1n) is 10.6. The Hall–Kier alpha value is -2.67. The standard InChI is InChI=1S/C24H32FN3O3/c1-16(2)12-17(3)18-6-8-19(9-7-18)31-20-10-11-28(13-20)22-21(25)23(27-15-26-22)30-14-24(4,5)29/h6-9,15,17,20,29H,1,10-14H2,2-5H3/t17-,20-/m1/s1. The van der Waals surface area contributed by atoms with Gasteiger partial charge in [-0.3, -0.25) is 0 Å². The number of anilines is 1. The smallest absolute Gasteiger partial charge is 0.255 e. The predicted molar refractivity (Wildman–Crippen MR) is 119 cm³/mol. The van der Waals surface area contributed by atoms with E-state index < -0.39 is 11.4 Å². The molecule has 0 aliphatic carbocycles. The fourth-order valence-corrected chi connectivity index (χ4v) is 3.64. The topological polar surface area (TPSA) is 67.7 Å². The second-order valence-electron chi connectivity index (χ2n) is 9.02. The number of benzene rings is 1. The van der Waals surface area contributed by atoms with Crippen molar-refractivity contribution in [2.75, 3.05) is 24.6 Å². The second kappa shape index (κ2) is 9.64. The van der Waals surface area contributed by atoms with Crippen LogP contribution in [0.25, 0.3) is 0 Å². The van der Waals surface area contributed by atoms with Crippen LogP contribution < -0.4 is 14.4 Å². The summed E-state index contributed by atoms with van der Waals surface area (Å²) in [5.74, 6) is 0.632. The number of aliphatic hydroxyl groups is 1. The molecule has 0 radical (unpaired) electrons. The fraction of sp³-hybridized carbons (Fsp3) is 0.500. The Bertz CT molecular complexity index is 896. The molecule has 1 aliphatic heterocycles. The fourth-order valence-electron chi connectivity index (χ4n) is 3.64. The van der Waals surface area contributed by atoms with Crippen molar-refractivity contribution in [3.63, 3.8) is 0 Å². The number of halogens is 1. The van der Waals surface area contributed by atoms with Gasteiger partial charge in [-0.2, -0.15) is 9.37 Å². The maximum atomic E-state index is 14.8. The average molecular weight is 430 g/mol. The molecule has 0 bridgehead atoms. The van der Waals surface area contributed by atoms with Crippen molar-refractivity contribution in [1.82, 2.24) is 9.97 Å². The van der Waals surface area contributed by atoms with Crippen molar-refractivity contribution in [2.24, 2.45) is 0 Å². The quantitative estimate of drug-likeness (QED) is 0.593. The summed E-state index contributed by atoms with van der Waals surface area (Å²) in [5, 5.41) is 9.79. The molecule has 1 N–H and O–H groups in total. The third-order valence-corrected chi connectivity index (χ3v) is 5.15. The van der Waals surface area contributed by atoms with Crippen LogP contribution in [-0.4, -0.2) is 46.5 Å². The van der Waals surface area contributed by atoms with Crippen molar-refractivity contribution in [2.45, 2.75) is 58.2 Å². The molecule has 3 rings (SSSR count). The van der Waals surface area contributed by atoms with Gasteiger partial charge in [-0.05, 0) is 50.8 Å². The molecule has 0 saturated carbocycles. The third-order valence-electron chi connectivity index (χ3n) is 5.15. The van der Waals surface area contributed by atoms with Crippen LogP contribution in [0.4, 0.5) is 10.2 Å². The lowest BCUT2D eigenvalue weighted by Gasteiger charge is -2.21. The largest absolute Gasteiger partial charge is 0.489 e. The number of hydrogen-bond acceptors (Lipinski definition) is 6. The molecule has 2 aromatic rings. The van der Waals surface area contributed by atoms with Gasteiger partial charge in [-0.1, -0.05) is 24.6 Å². The molecule has 0 spiro atoms. The van der Waals surface area contributed by atoms with Crippen molar-refractivity contribution in [3.8, 4) is 11.6 Å². The van der Waals surface area contributed by atoms with E-state index in [2.05, 4.69) is 35.6 Å². The Morgan fingerprint density at radius 1 is 1.32 bits per heavy atom. The van der Waals surface area contributed by atoms with Gasteiger partial charge in [0.2, 0.25) is 5.82 Å². The van der Waals surface area contributed by atoms with Gasteiger partial charge in [0.05, 0.1) is 12.1 Å². The minimum Gasteiger partial charge on any atom is -0.489 e. The minimum atomic E-state index is -1.08. The van der Waals surface area contributed by atoms with Crippen LogP contribution in [0.3, 0.4) is 0 Å². The highest BCUT2D eigenvalue weighted by atomic mass is 19.1. The van der Waals surface area contributed by atoms with Gasteiger partial charge in [0, 0.05) is 13.0 Å². The maximum absolute atomic E-state index is 14.8. The maximum Gasteiger partial charge on any atom is 0.255 e. The number of allylic oxidation sites excluding steroid dienone is 1. The van der Waals surface area contributed by atoms with Gasteiger partial charge in [0.25, 0.3) is 5.88 Å². The highest BCUT2D eigenvalue weighted by Gasteiger charge is 2.29.